The van der Waals surface area contributed by atoms with Gasteiger partial charge in [0.05, 0.1) is 18.1 Å². The van der Waals surface area contributed by atoms with Crippen LogP contribution in [-0.4, -0.2) is 48.8 Å². The van der Waals surface area contributed by atoms with Crippen LogP contribution in [0.3, 0.4) is 0 Å². The van der Waals surface area contributed by atoms with Gasteiger partial charge in [-0.1, -0.05) is 20.8 Å². The second-order valence-electron chi connectivity index (χ2n) is 11.1. The summed E-state index contributed by atoms with van der Waals surface area (Å²) >= 11 is 0. The number of likely N-dealkylation sites (tertiary alicyclic amines) is 1. The van der Waals surface area contributed by atoms with Gasteiger partial charge >= 0.3 is 5.97 Å². The molecule has 6 atom stereocenters. The lowest BCUT2D eigenvalue weighted by Crippen LogP contribution is -2.51. The minimum atomic E-state index is 0.0798. The fourth-order valence-electron chi connectivity index (χ4n) is 7.14. The zero-order valence-corrected chi connectivity index (χ0v) is 16.8. The molecule has 0 N–H and O–H groups in total. The predicted molar refractivity (Wildman–Crippen MR) is 99.7 cm³/mol. The summed E-state index contributed by atoms with van der Waals surface area (Å²) in [4.78, 5) is 15.3. The molecule has 0 bridgehead atoms. The molecule has 146 valence electrons. The Labute approximate surface area is 158 Å². The molecular formula is C22H35NO3. The first-order valence-corrected chi connectivity index (χ1v) is 10.9. The topological polar surface area (TPSA) is 42.1 Å². The average molecular weight is 362 g/mol. The molecule has 26 heavy (non-hydrogen) atoms. The predicted octanol–water partition coefficient (Wildman–Crippen LogP) is 3.64. The lowest BCUT2D eigenvalue weighted by atomic mass is 9.53. The van der Waals surface area contributed by atoms with Crippen LogP contribution in [0.1, 0.15) is 65.7 Å². The number of hydrogen-bond donors (Lipinski definition) is 0. The van der Waals surface area contributed by atoms with E-state index in [0.29, 0.717) is 22.7 Å². The SMILES string of the molecule is CC1(C)CCCN(C[C@H]2C(=O)O[C@@H]3C[C@@]4(C)CCC[C@]5(CO5)[C@@H]4C[C@@H]32)C1. The Balaban J connectivity index is 1.34. The van der Waals surface area contributed by atoms with Gasteiger partial charge in [0.1, 0.15) is 6.10 Å². The number of piperidine rings is 1. The van der Waals surface area contributed by atoms with Gasteiger partial charge in [-0.05, 0) is 68.2 Å². The number of nitrogens with zero attached hydrogens (tertiary/aromatic N) is 1. The number of epoxide rings is 1. The maximum atomic E-state index is 12.8. The highest BCUT2D eigenvalue weighted by molar-refractivity contribution is 5.75. The highest BCUT2D eigenvalue weighted by Gasteiger charge is 2.65. The summed E-state index contributed by atoms with van der Waals surface area (Å²) in [6.07, 6.45) is 8.66. The summed E-state index contributed by atoms with van der Waals surface area (Å²) in [7, 11) is 0. The van der Waals surface area contributed by atoms with Crippen LogP contribution < -0.4 is 0 Å². The minimum absolute atomic E-state index is 0.0798. The molecule has 5 aliphatic rings. The lowest BCUT2D eigenvalue weighted by Gasteiger charge is -2.51. The molecule has 3 aliphatic heterocycles. The first-order valence-electron chi connectivity index (χ1n) is 10.9. The molecule has 0 aromatic rings. The smallest absolute Gasteiger partial charge is 0.310 e. The number of carbonyl (C=O) groups is 1. The molecule has 4 nitrogen and oxygen atoms in total. The van der Waals surface area contributed by atoms with Gasteiger partial charge in [-0.15, -0.1) is 0 Å². The second-order valence-corrected chi connectivity index (χ2v) is 11.1. The molecule has 5 fully saturated rings. The van der Waals surface area contributed by atoms with Crippen molar-refractivity contribution in [1.29, 1.82) is 0 Å². The van der Waals surface area contributed by atoms with Gasteiger partial charge in [0.15, 0.2) is 0 Å². The summed E-state index contributed by atoms with van der Waals surface area (Å²) < 4.78 is 12.0. The molecule has 3 saturated heterocycles. The molecule has 0 unspecified atom stereocenters. The minimum Gasteiger partial charge on any atom is -0.462 e. The van der Waals surface area contributed by atoms with Crippen molar-refractivity contribution in [1.82, 2.24) is 4.90 Å². The Kier molecular flexibility index (Phi) is 3.83. The van der Waals surface area contributed by atoms with Gasteiger partial charge in [-0.2, -0.15) is 0 Å². The summed E-state index contributed by atoms with van der Waals surface area (Å²) in [5.74, 6) is 1.19. The molecule has 0 radical (unpaired) electrons. The third-order valence-electron chi connectivity index (χ3n) is 8.51. The van der Waals surface area contributed by atoms with E-state index in [9.17, 15) is 4.79 Å². The van der Waals surface area contributed by atoms with Crippen LogP contribution in [-0.2, 0) is 14.3 Å². The Bertz CT molecular complexity index is 598. The molecule has 0 aromatic heterocycles. The van der Waals surface area contributed by atoms with Gasteiger partial charge in [-0.25, -0.2) is 0 Å². The van der Waals surface area contributed by atoms with E-state index in [2.05, 4.69) is 25.7 Å². The number of fused-ring (bicyclic) bond motifs is 3. The number of hydrogen-bond acceptors (Lipinski definition) is 4. The van der Waals surface area contributed by atoms with E-state index < -0.39 is 0 Å². The third kappa shape index (κ3) is 2.74. The van der Waals surface area contributed by atoms with Crippen LogP contribution in [0.2, 0.25) is 0 Å². The maximum Gasteiger partial charge on any atom is 0.310 e. The van der Waals surface area contributed by atoms with E-state index in [1.165, 1.54) is 32.1 Å². The molecule has 2 saturated carbocycles. The Morgan fingerprint density at radius 1 is 1.15 bits per heavy atom. The van der Waals surface area contributed by atoms with Gasteiger partial charge in [-0.3, -0.25) is 4.79 Å². The van der Waals surface area contributed by atoms with Crippen LogP contribution in [0.5, 0.6) is 0 Å². The Hall–Kier alpha value is -0.610. The van der Waals surface area contributed by atoms with Crippen molar-refractivity contribution in [2.45, 2.75) is 77.4 Å². The Morgan fingerprint density at radius 2 is 1.96 bits per heavy atom. The molecule has 2 aliphatic carbocycles. The number of carbonyl (C=O) groups excluding carboxylic acids is 1. The van der Waals surface area contributed by atoms with Gasteiger partial charge in [0.25, 0.3) is 0 Å². The van der Waals surface area contributed by atoms with Gasteiger partial charge in [0.2, 0.25) is 0 Å². The molecule has 0 amide bonds. The zero-order chi connectivity index (χ0) is 18.2. The normalized spacial score (nSPS) is 50.2. The van der Waals surface area contributed by atoms with Crippen molar-refractivity contribution in [3.05, 3.63) is 0 Å². The second kappa shape index (κ2) is 5.70. The van der Waals surface area contributed by atoms with Crippen molar-refractivity contribution in [2.24, 2.45) is 28.6 Å². The molecule has 0 aromatic carbocycles. The molecule has 3 heterocycles. The van der Waals surface area contributed by atoms with Crippen LogP contribution in [0.25, 0.3) is 0 Å². The van der Waals surface area contributed by atoms with E-state index in [-0.39, 0.29) is 23.6 Å². The van der Waals surface area contributed by atoms with Crippen LogP contribution in [0.4, 0.5) is 0 Å². The van der Waals surface area contributed by atoms with Crippen LogP contribution in [0, 0.1) is 28.6 Å². The Morgan fingerprint density at radius 3 is 2.69 bits per heavy atom. The molecule has 4 heteroatoms. The van der Waals surface area contributed by atoms with Crippen molar-refractivity contribution < 1.29 is 14.3 Å². The highest BCUT2D eigenvalue weighted by atomic mass is 16.6. The number of ether oxygens (including phenoxy) is 2. The summed E-state index contributed by atoms with van der Waals surface area (Å²) in [6.45, 7) is 11.3. The van der Waals surface area contributed by atoms with Crippen molar-refractivity contribution >= 4 is 5.97 Å². The van der Waals surface area contributed by atoms with Crippen molar-refractivity contribution in [3.63, 3.8) is 0 Å². The number of esters is 1. The highest BCUT2D eigenvalue weighted by Crippen LogP contribution is 2.62. The van der Waals surface area contributed by atoms with Crippen molar-refractivity contribution in [3.8, 4) is 0 Å². The van der Waals surface area contributed by atoms with Crippen molar-refractivity contribution in [2.75, 3.05) is 26.2 Å². The van der Waals surface area contributed by atoms with E-state index in [0.717, 1.165) is 39.1 Å². The molecular weight excluding hydrogens is 326 g/mol. The zero-order valence-electron chi connectivity index (χ0n) is 16.8. The largest absolute Gasteiger partial charge is 0.462 e. The van der Waals surface area contributed by atoms with Crippen LogP contribution >= 0.6 is 0 Å². The quantitative estimate of drug-likeness (QED) is 0.556. The lowest BCUT2D eigenvalue weighted by molar-refractivity contribution is -0.147. The van der Waals surface area contributed by atoms with Gasteiger partial charge < -0.3 is 14.4 Å². The van der Waals surface area contributed by atoms with E-state index in [4.69, 9.17) is 9.47 Å². The molecule has 5 rings (SSSR count). The number of rotatable bonds is 2. The maximum absolute atomic E-state index is 12.8. The molecule has 1 spiro atoms. The summed E-state index contributed by atoms with van der Waals surface area (Å²) in [6, 6.07) is 0. The fourth-order valence-corrected chi connectivity index (χ4v) is 7.14. The first-order chi connectivity index (χ1) is 12.3. The van der Waals surface area contributed by atoms with Crippen LogP contribution in [0.15, 0.2) is 0 Å². The summed E-state index contributed by atoms with van der Waals surface area (Å²) in [5, 5.41) is 0. The first kappa shape index (κ1) is 17.5. The summed E-state index contributed by atoms with van der Waals surface area (Å²) in [5.41, 5.74) is 0.833. The van der Waals surface area contributed by atoms with E-state index in [1.54, 1.807) is 0 Å². The van der Waals surface area contributed by atoms with Gasteiger partial charge in [0, 0.05) is 19.0 Å². The standard InChI is InChI=1S/C22H35NO3/c1-20(2)6-5-9-23(13-20)12-16-15-10-18-21(3,11-17(15)26-19(16)24)7-4-8-22(18)14-25-22/h15-18H,4-14H2,1-3H3/t15-,16-,17-,18-,21-,22+/m1/s1. The third-order valence-corrected chi connectivity index (χ3v) is 8.51. The average Bonchev–Trinajstić information content (AvgIpc) is 3.25. The monoisotopic (exact) mass is 361 g/mol. The van der Waals surface area contributed by atoms with E-state index in [1.807, 2.05) is 0 Å². The fraction of sp³-hybridized carbons (Fsp3) is 0.955. The van der Waals surface area contributed by atoms with E-state index >= 15 is 0 Å².